The zero-order valence-electron chi connectivity index (χ0n) is 13.9. The van der Waals surface area contributed by atoms with Crippen LogP contribution in [0.4, 0.5) is 20.2 Å². The summed E-state index contributed by atoms with van der Waals surface area (Å²) in [5.41, 5.74) is 0.625. The SMILES string of the molecule is CCCN(CCC)c1cncc(C(=O)Nc2c(F)cccc2F)c1. The molecule has 0 radical (unpaired) electrons. The Balaban J connectivity index is 2.22. The van der Waals surface area contributed by atoms with Crippen molar-refractivity contribution >= 4 is 17.3 Å². The number of para-hydroxylation sites is 1. The van der Waals surface area contributed by atoms with E-state index in [9.17, 15) is 13.6 Å². The normalized spacial score (nSPS) is 10.5. The van der Waals surface area contributed by atoms with Gasteiger partial charge in [0.2, 0.25) is 0 Å². The van der Waals surface area contributed by atoms with Crippen LogP contribution in [0.25, 0.3) is 0 Å². The summed E-state index contributed by atoms with van der Waals surface area (Å²) in [5, 5.41) is 2.28. The lowest BCUT2D eigenvalue weighted by Gasteiger charge is -2.23. The number of nitrogens with zero attached hydrogens (tertiary/aromatic N) is 2. The zero-order valence-corrected chi connectivity index (χ0v) is 13.9. The van der Waals surface area contributed by atoms with Gasteiger partial charge in [-0.05, 0) is 31.0 Å². The van der Waals surface area contributed by atoms with E-state index in [0.29, 0.717) is 0 Å². The van der Waals surface area contributed by atoms with Crippen LogP contribution >= 0.6 is 0 Å². The highest BCUT2D eigenvalue weighted by Gasteiger charge is 2.15. The molecule has 128 valence electrons. The molecule has 24 heavy (non-hydrogen) atoms. The molecular weight excluding hydrogens is 312 g/mol. The number of pyridine rings is 1. The van der Waals surface area contributed by atoms with E-state index in [1.165, 1.54) is 12.3 Å². The van der Waals surface area contributed by atoms with Crippen LogP contribution in [0.5, 0.6) is 0 Å². The molecule has 1 aromatic carbocycles. The third kappa shape index (κ3) is 4.28. The molecular formula is C18H21F2N3O. The van der Waals surface area contributed by atoms with E-state index in [0.717, 1.165) is 43.8 Å². The van der Waals surface area contributed by atoms with E-state index < -0.39 is 23.2 Å². The monoisotopic (exact) mass is 333 g/mol. The standard InChI is InChI=1S/C18H21F2N3O/c1-3-8-23(9-4-2)14-10-13(11-21-12-14)18(24)22-17-15(19)6-5-7-16(17)20/h5-7,10-12H,3-4,8-9H2,1-2H3,(H,22,24). The molecule has 0 saturated heterocycles. The molecule has 0 bridgehead atoms. The van der Waals surface area contributed by atoms with Crippen LogP contribution in [0.1, 0.15) is 37.0 Å². The first-order chi connectivity index (χ1) is 11.6. The zero-order chi connectivity index (χ0) is 17.5. The predicted molar refractivity (Wildman–Crippen MR) is 91.3 cm³/mol. The summed E-state index contributed by atoms with van der Waals surface area (Å²) in [5.74, 6) is -2.22. The fourth-order valence-electron chi connectivity index (χ4n) is 2.44. The highest BCUT2D eigenvalue weighted by molar-refractivity contribution is 6.04. The number of hydrogen-bond donors (Lipinski definition) is 1. The average molecular weight is 333 g/mol. The summed E-state index contributed by atoms with van der Waals surface area (Å²) < 4.78 is 27.3. The van der Waals surface area contributed by atoms with Crippen LogP contribution in [0, 0.1) is 11.6 Å². The van der Waals surface area contributed by atoms with E-state index >= 15 is 0 Å². The van der Waals surface area contributed by atoms with Gasteiger partial charge in [0.15, 0.2) is 0 Å². The molecule has 4 nitrogen and oxygen atoms in total. The lowest BCUT2D eigenvalue weighted by Crippen LogP contribution is -2.25. The summed E-state index contributed by atoms with van der Waals surface area (Å²) in [4.78, 5) is 18.5. The molecule has 0 atom stereocenters. The van der Waals surface area contributed by atoms with Crippen LogP contribution in [-0.4, -0.2) is 24.0 Å². The number of aromatic nitrogens is 1. The van der Waals surface area contributed by atoms with Gasteiger partial charge in [0.25, 0.3) is 5.91 Å². The fraction of sp³-hybridized carbons (Fsp3) is 0.333. The second kappa shape index (κ2) is 8.38. The first-order valence-corrected chi connectivity index (χ1v) is 8.02. The second-order valence-electron chi connectivity index (χ2n) is 5.47. The molecule has 1 amide bonds. The number of hydrogen-bond acceptors (Lipinski definition) is 3. The minimum absolute atomic E-state index is 0.257. The van der Waals surface area contributed by atoms with Crippen molar-refractivity contribution in [3.63, 3.8) is 0 Å². The third-order valence-corrected chi connectivity index (χ3v) is 3.54. The molecule has 0 aliphatic rings. The maximum atomic E-state index is 13.7. The Kier molecular flexibility index (Phi) is 6.23. The van der Waals surface area contributed by atoms with Gasteiger partial charge in [0.05, 0.1) is 17.4 Å². The van der Waals surface area contributed by atoms with Gasteiger partial charge in [-0.25, -0.2) is 8.78 Å². The fourth-order valence-corrected chi connectivity index (χ4v) is 2.44. The Morgan fingerprint density at radius 3 is 2.33 bits per heavy atom. The van der Waals surface area contributed by atoms with E-state index in [-0.39, 0.29) is 5.56 Å². The van der Waals surface area contributed by atoms with Crippen molar-refractivity contribution < 1.29 is 13.6 Å². The second-order valence-corrected chi connectivity index (χ2v) is 5.47. The summed E-state index contributed by atoms with van der Waals surface area (Å²) in [7, 11) is 0. The van der Waals surface area contributed by atoms with Crippen LogP contribution in [0.3, 0.4) is 0 Å². The maximum absolute atomic E-state index is 13.7. The summed E-state index contributed by atoms with van der Waals surface area (Å²) in [6, 6.07) is 5.12. The molecule has 6 heteroatoms. The molecule has 0 fully saturated rings. The number of benzene rings is 1. The molecule has 0 unspecified atom stereocenters. The molecule has 0 aliphatic heterocycles. The van der Waals surface area contributed by atoms with Gasteiger partial charge in [0, 0.05) is 19.3 Å². The first kappa shape index (κ1) is 17.8. The van der Waals surface area contributed by atoms with Gasteiger partial charge in [0.1, 0.15) is 17.3 Å². The molecule has 0 saturated carbocycles. The van der Waals surface area contributed by atoms with Crippen LogP contribution in [0.15, 0.2) is 36.7 Å². The Labute approximate surface area is 140 Å². The van der Waals surface area contributed by atoms with Gasteiger partial charge < -0.3 is 10.2 Å². The average Bonchev–Trinajstić information content (AvgIpc) is 2.58. The van der Waals surface area contributed by atoms with Gasteiger partial charge >= 0.3 is 0 Å². The number of amides is 1. The van der Waals surface area contributed by atoms with Crippen molar-refractivity contribution in [3.8, 4) is 0 Å². The minimum atomic E-state index is -0.814. The van der Waals surface area contributed by atoms with E-state index in [1.807, 2.05) is 0 Å². The largest absolute Gasteiger partial charge is 0.370 e. The van der Waals surface area contributed by atoms with Crippen molar-refractivity contribution in [2.24, 2.45) is 0 Å². The molecule has 1 heterocycles. The van der Waals surface area contributed by atoms with Crippen molar-refractivity contribution in [1.82, 2.24) is 4.98 Å². The number of carbonyl (C=O) groups excluding carboxylic acids is 1. The van der Waals surface area contributed by atoms with Gasteiger partial charge in [-0.15, -0.1) is 0 Å². The minimum Gasteiger partial charge on any atom is -0.370 e. The number of carbonyl (C=O) groups is 1. The topological polar surface area (TPSA) is 45.2 Å². The lowest BCUT2D eigenvalue weighted by atomic mass is 10.2. The number of rotatable bonds is 7. The first-order valence-electron chi connectivity index (χ1n) is 8.02. The number of nitrogens with one attached hydrogen (secondary N) is 1. The molecule has 2 aromatic rings. The van der Waals surface area contributed by atoms with E-state index in [4.69, 9.17) is 0 Å². The van der Waals surface area contributed by atoms with Gasteiger partial charge in [-0.3, -0.25) is 9.78 Å². The van der Waals surface area contributed by atoms with Crippen LogP contribution in [-0.2, 0) is 0 Å². The van der Waals surface area contributed by atoms with E-state index in [1.54, 1.807) is 12.3 Å². The predicted octanol–water partition coefficient (Wildman–Crippen LogP) is 4.24. The Morgan fingerprint density at radius 2 is 1.75 bits per heavy atom. The Hall–Kier alpha value is -2.50. The van der Waals surface area contributed by atoms with Gasteiger partial charge in [-0.2, -0.15) is 0 Å². The van der Waals surface area contributed by atoms with Crippen molar-refractivity contribution in [3.05, 3.63) is 53.9 Å². The molecule has 0 spiro atoms. The Morgan fingerprint density at radius 1 is 1.12 bits per heavy atom. The lowest BCUT2D eigenvalue weighted by molar-refractivity contribution is 0.102. The summed E-state index contributed by atoms with van der Waals surface area (Å²) in [6.07, 6.45) is 5.01. The molecule has 0 aliphatic carbocycles. The van der Waals surface area contributed by atoms with Crippen molar-refractivity contribution in [2.45, 2.75) is 26.7 Å². The van der Waals surface area contributed by atoms with Crippen molar-refractivity contribution in [2.75, 3.05) is 23.3 Å². The molecule has 1 aromatic heterocycles. The molecule has 2 rings (SSSR count). The highest BCUT2D eigenvalue weighted by atomic mass is 19.1. The van der Waals surface area contributed by atoms with Crippen molar-refractivity contribution in [1.29, 1.82) is 0 Å². The maximum Gasteiger partial charge on any atom is 0.257 e. The van der Waals surface area contributed by atoms with E-state index in [2.05, 4.69) is 29.0 Å². The van der Waals surface area contributed by atoms with Crippen LogP contribution < -0.4 is 10.2 Å². The molecule has 1 N–H and O–H groups in total. The quantitative estimate of drug-likeness (QED) is 0.824. The summed E-state index contributed by atoms with van der Waals surface area (Å²) >= 11 is 0. The smallest absolute Gasteiger partial charge is 0.257 e. The van der Waals surface area contributed by atoms with Crippen LogP contribution in [0.2, 0.25) is 0 Å². The number of anilines is 2. The third-order valence-electron chi connectivity index (χ3n) is 3.54. The van der Waals surface area contributed by atoms with Gasteiger partial charge in [-0.1, -0.05) is 19.9 Å². The number of halogens is 2. The Bertz CT molecular complexity index is 680. The summed E-state index contributed by atoms with van der Waals surface area (Å²) in [6.45, 7) is 5.85. The highest BCUT2D eigenvalue weighted by Crippen LogP contribution is 2.20.